The van der Waals surface area contributed by atoms with E-state index in [0.717, 1.165) is 5.69 Å². The van der Waals surface area contributed by atoms with Crippen LogP contribution in [0.5, 0.6) is 0 Å². The molecule has 0 amide bonds. The van der Waals surface area contributed by atoms with Gasteiger partial charge in [0.1, 0.15) is 0 Å². The standard InChI is InChI=1S/C12H13N3O2/c1-2-17-12(16)10-7-15-11(13-10)6-5-9(14-15)8-3-4-8/h5-8H,2-4H2,1H3. The Hall–Kier alpha value is -1.91. The molecular weight excluding hydrogens is 218 g/mol. The average Bonchev–Trinajstić information content (AvgIpc) is 3.08. The number of esters is 1. The third kappa shape index (κ3) is 1.88. The predicted molar refractivity (Wildman–Crippen MR) is 60.9 cm³/mol. The van der Waals surface area contributed by atoms with E-state index in [2.05, 4.69) is 10.1 Å². The number of imidazole rings is 1. The topological polar surface area (TPSA) is 56.5 Å². The smallest absolute Gasteiger partial charge is 0.358 e. The molecule has 2 aromatic rings. The zero-order chi connectivity index (χ0) is 11.8. The van der Waals surface area contributed by atoms with Gasteiger partial charge in [-0.3, -0.25) is 0 Å². The van der Waals surface area contributed by atoms with E-state index in [0.29, 0.717) is 23.9 Å². The van der Waals surface area contributed by atoms with Crippen molar-refractivity contribution in [3.05, 3.63) is 29.7 Å². The molecule has 1 aliphatic carbocycles. The fourth-order valence-electron chi connectivity index (χ4n) is 1.80. The SMILES string of the molecule is CCOC(=O)c1cn2nc(C3CC3)ccc2n1. The van der Waals surface area contributed by atoms with Crippen LogP contribution in [0.15, 0.2) is 18.3 Å². The van der Waals surface area contributed by atoms with Crippen LogP contribution < -0.4 is 0 Å². The van der Waals surface area contributed by atoms with Crippen molar-refractivity contribution in [2.24, 2.45) is 0 Å². The highest BCUT2D eigenvalue weighted by atomic mass is 16.5. The summed E-state index contributed by atoms with van der Waals surface area (Å²) in [5, 5.41) is 4.45. The molecule has 5 heteroatoms. The minimum atomic E-state index is -0.397. The maximum absolute atomic E-state index is 11.5. The lowest BCUT2D eigenvalue weighted by atomic mass is 10.3. The van der Waals surface area contributed by atoms with Gasteiger partial charge in [-0.25, -0.2) is 14.3 Å². The molecule has 0 radical (unpaired) electrons. The molecular formula is C12H13N3O2. The lowest BCUT2D eigenvalue weighted by molar-refractivity contribution is 0.0520. The van der Waals surface area contributed by atoms with Crippen molar-refractivity contribution in [2.75, 3.05) is 6.61 Å². The van der Waals surface area contributed by atoms with E-state index in [4.69, 9.17) is 4.74 Å². The van der Waals surface area contributed by atoms with E-state index in [1.54, 1.807) is 17.6 Å². The summed E-state index contributed by atoms with van der Waals surface area (Å²) in [4.78, 5) is 15.7. The van der Waals surface area contributed by atoms with Crippen LogP contribution in [0.2, 0.25) is 0 Å². The molecule has 0 aliphatic heterocycles. The summed E-state index contributed by atoms with van der Waals surface area (Å²) < 4.78 is 6.56. The second kappa shape index (κ2) is 3.84. The maximum atomic E-state index is 11.5. The number of ether oxygens (including phenoxy) is 1. The summed E-state index contributed by atoms with van der Waals surface area (Å²) >= 11 is 0. The summed E-state index contributed by atoms with van der Waals surface area (Å²) in [5.74, 6) is 0.193. The van der Waals surface area contributed by atoms with Gasteiger partial charge in [-0.05, 0) is 31.9 Å². The molecule has 1 fully saturated rings. The van der Waals surface area contributed by atoms with Crippen LogP contribution in [0.3, 0.4) is 0 Å². The van der Waals surface area contributed by atoms with E-state index in [9.17, 15) is 4.79 Å². The molecule has 1 aliphatic rings. The fourth-order valence-corrected chi connectivity index (χ4v) is 1.80. The van der Waals surface area contributed by atoms with Crippen molar-refractivity contribution in [3.63, 3.8) is 0 Å². The Bertz CT molecular complexity index is 572. The summed E-state index contributed by atoms with van der Waals surface area (Å²) in [6, 6.07) is 3.87. The second-order valence-electron chi connectivity index (χ2n) is 4.18. The van der Waals surface area contributed by atoms with Gasteiger partial charge in [0.05, 0.1) is 18.5 Å². The van der Waals surface area contributed by atoms with Crippen LogP contribution in [0.4, 0.5) is 0 Å². The molecule has 0 unspecified atom stereocenters. The summed E-state index contributed by atoms with van der Waals surface area (Å²) in [7, 11) is 0. The molecule has 3 rings (SSSR count). The fraction of sp³-hybridized carbons (Fsp3) is 0.417. The van der Waals surface area contributed by atoms with Gasteiger partial charge < -0.3 is 4.74 Å². The summed E-state index contributed by atoms with van der Waals surface area (Å²) in [6.45, 7) is 2.13. The molecule has 88 valence electrons. The van der Waals surface area contributed by atoms with Crippen LogP contribution in [0.25, 0.3) is 5.65 Å². The molecule has 5 nitrogen and oxygen atoms in total. The van der Waals surface area contributed by atoms with Gasteiger partial charge in [0.25, 0.3) is 0 Å². The Balaban J connectivity index is 1.97. The van der Waals surface area contributed by atoms with Gasteiger partial charge in [0, 0.05) is 5.92 Å². The predicted octanol–water partition coefficient (Wildman–Crippen LogP) is 1.78. The Morgan fingerprint density at radius 1 is 1.53 bits per heavy atom. The molecule has 2 aromatic heterocycles. The molecule has 0 aromatic carbocycles. The van der Waals surface area contributed by atoms with Gasteiger partial charge in [-0.15, -0.1) is 0 Å². The van der Waals surface area contributed by atoms with Crippen LogP contribution in [-0.4, -0.2) is 27.2 Å². The molecule has 0 atom stereocenters. The van der Waals surface area contributed by atoms with E-state index < -0.39 is 5.97 Å². The highest BCUT2D eigenvalue weighted by Gasteiger charge is 2.25. The molecule has 17 heavy (non-hydrogen) atoms. The molecule has 0 spiro atoms. The van der Waals surface area contributed by atoms with Gasteiger partial charge in [-0.2, -0.15) is 5.10 Å². The van der Waals surface area contributed by atoms with Crippen molar-refractivity contribution < 1.29 is 9.53 Å². The molecule has 2 heterocycles. The number of aromatic nitrogens is 3. The Morgan fingerprint density at radius 3 is 3.06 bits per heavy atom. The number of fused-ring (bicyclic) bond motifs is 1. The number of hydrogen-bond donors (Lipinski definition) is 0. The third-order valence-electron chi connectivity index (χ3n) is 2.82. The normalized spacial score (nSPS) is 15.1. The van der Waals surface area contributed by atoms with Crippen LogP contribution in [0.1, 0.15) is 41.9 Å². The van der Waals surface area contributed by atoms with Crippen LogP contribution in [0, 0.1) is 0 Å². The number of carbonyl (C=O) groups excluding carboxylic acids is 1. The number of hydrogen-bond acceptors (Lipinski definition) is 4. The zero-order valence-electron chi connectivity index (χ0n) is 9.59. The highest BCUT2D eigenvalue weighted by Crippen LogP contribution is 2.38. The van der Waals surface area contributed by atoms with Gasteiger partial charge >= 0.3 is 5.97 Å². The molecule has 1 saturated carbocycles. The first kappa shape index (κ1) is 10.3. The minimum Gasteiger partial charge on any atom is -0.461 e. The van der Waals surface area contributed by atoms with Gasteiger partial charge in [-0.1, -0.05) is 0 Å². The number of nitrogens with zero attached hydrogens (tertiary/aromatic N) is 3. The number of carbonyl (C=O) groups is 1. The Morgan fingerprint density at radius 2 is 2.35 bits per heavy atom. The van der Waals surface area contributed by atoms with Crippen molar-refractivity contribution in [1.82, 2.24) is 14.6 Å². The van der Waals surface area contributed by atoms with E-state index in [1.165, 1.54) is 12.8 Å². The van der Waals surface area contributed by atoms with E-state index in [-0.39, 0.29) is 0 Å². The molecule has 0 bridgehead atoms. The van der Waals surface area contributed by atoms with Gasteiger partial charge in [0.15, 0.2) is 11.3 Å². The van der Waals surface area contributed by atoms with E-state index in [1.807, 2.05) is 12.1 Å². The lowest BCUT2D eigenvalue weighted by Gasteiger charge is -1.96. The summed E-state index contributed by atoms with van der Waals surface area (Å²) in [5.41, 5.74) is 2.06. The van der Waals surface area contributed by atoms with Crippen molar-refractivity contribution >= 4 is 11.6 Å². The van der Waals surface area contributed by atoms with Crippen molar-refractivity contribution in [1.29, 1.82) is 0 Å². The maximum Gasteiger partial charge on any atom is 0.358 e. The highest BCUT2D eigenvalue weighted by molar-refractivity contribution is 5.87. The zero-order valence-corrected chi connectivity index (χ0v) is 9.59. The number of rotatable bonds is 3. The van der Waals surface area contributed by atoms with Crippen molar-refractivity contribution in [2.45, 2.75) is 25.7 Å². The van der Waals surface area contributed by atoms with Crippen molar-refractivity contribution in [3.8, 4) is 0 Å². The first-order valence-electron chi connectivity index (χ1n) is 5.81. The van der Waals surface area contributed by atoms with E-state index >= 15 is 0 Å². The largest absolute Gasteiger partial charge is 0.461 e. The van der Waals surface area contributed by atoms with Crippen LogP contribution >= 0.6 is 0 Å². The third-order valence-corrected chi connectivity index (χ3v) is 2.82. The Labute approximate surface area is 98.4 Å². The minimum absolute atomic E-state index is 0.312. The lowest BCUT2D eigenvalue weighted by Crippen LogP contribution is -2.04. The summed E-state index contributed by atoms with van der Waals surface area (Å²) in [6.07, 6.45) is 4.04. The van der Waals surface area contributed by atoms with Gasteiger partial charge in [0.2, 0.25) is 0 Å². The van der Waals surface area contributed by atoms with Crippen LogP contribution in [-0.2, 0) is 4.74 Å². The Kier molecular flexibility index (Phi) is 2.31. The monoisotopic (exact) mass is 231 g/mol. The molecule has 0 N–H and O–H groups in total. The molecule has 0 saturated heterocycles. The second-order valence-corrected chi connectivity index (χ2v) is 4.18. The first-order chi connectivity index (χ1) is 8.28. The first-order valence-corrected chi connectivity index (χ1v) is 5.81. The quantitative estimate of drug-likeness (QED) is 0.755. The average molecular weight is 231 g/mol.